The largest absolute Gasteiger partial charge is 0.514 e. The first kappa shape index (κ1) is 25.1. The first-order valence-corrected chi connectivity index (χ1v) is 10.00. The molecule has 1 aromatic heterocycles. The molecule has 0 bridgehead atoms. The van der Waals surface area contributed by atoms with E-state index in [0.29, 0.717) is 6.42 Å². The second-order valence-corrected chi connectivity index (χ2v) is 7.10. The van der Waals surface area contributed by atoms with Gasteiger partial charge in [-0.2, -0.15) is 5.26 Å². The van der Waals surface area contributed by atoms with Crippen LogP contribution in [0.4, 0.5) is 15.3 Å². The summed E-state index contributed by atoms with van der Waals surface area (Å²) >= 11 is 0. The molecule has 2 rings (SSSR count). The molecule has 1 heterocycles. The average Bonchev–Trinajstić information content (AvgIpc) is 2.74. The smallest absolute Gasteiger partial charge is 0.434 e. The molecule has 0 N–H and O–H groups in total. The van der Waals surface area contributed by atoms with E-state index >= 15 is 0 Å². The molecule has 0 radical (unpaired) electrons. The SMILES string of the molecule is Cc1nc(C)c(OC(=O)OC(C)C)c(-c2cccc([N+](=O)[O-])c2)c1OC(=O)OCCCC#N. The number of carbonyl (C=O) groups excluding carboxylic acids is 2. The third kappa shape index (κ3) is 6.90. The number of aromatic nitrogens is 1. The molecular weight excluding hydrogens is 434 g/mol. The van der Waals surface area contributed by atoms with Gasteiger partial charge < -0.3 is 18.9 Å². The molecule has 2 aromatic rings. The number of benzene rings is 1. The fraction of sp³-hybridized carbons (Fsp3) is 0.364. The normalized spacial score (nSPS) is 10.3. The number of ether oxygens (including phenoxy) is 4. The van der Waals surface area contributed by atoms with Crippen LogP contribution < -0.4 is 9.47 Å². The third-order valence-electron chi connectivity index (χ3n) is 4.15. The highest BCUT2D eigenvalue weighted by atomic mass is 16.7. The third-order valence-corrected chi connectivity index (χ3v) is 4.15. The van der Waals surface area contributed by atoms with E-state index in [1.165, 1.54) is 24.3 Å². The molecule has 0 unspecified atom stereocenters. The zero-order valence-corrected chi connectivity index (χ0v) is 18.6. The standard InChI is InChI=1S/C22H23N3O8/c1-13(2)31-22(27)33-20-15(4)24-14(3)19(32-21(26)30-11-6-5-10-23)18(20)16-8-7-9-17(12-16)25(28)29/h7-9,12-13H,5-6,11H2,1-4H3. The second-order valence-electron chi connectivity index (χ2n) is 7.10. The number of nitriles is 1. The second kappa shape index (κ2) is 11.4. The van der Waals surface area contributed by atoms with E-state index in [4.69, 9.17) is 24.2 Å². The molecule has 0 amide bonds. The molecule has 0 aliphatic rings. The van der Waals surface area contributed by atoms with E-state index in [1.54, 1.807) is 27.7 Å². The molecule has 174 valence electrons. The fourth-order valence-electron chi connectivity index (χ4n) is 2.82. The molecule has 1 aromatic carbocycles. The van der Waals surface area contributed by atoms with Crippen molar-refractivity contribution in [3.05, 3.63) is 45.8 Å². The molecule has 0 fully saturated rings. The van der Waals surface area contributed by atoms with Crippen LogP contribution in [-0.2, 0) is 9.47 Å². The Balaban J connectivity index is 2.58. The van der Waals surface area contributed by atoms with Gasteiger partial charge in [0.05, 0.1) is 40.7 Å². The summed E-state index contributed by atoms with van der Waals surface area (Å²) in [5, 5.41) is 19.9. The number of carbonyl (C=O) groups is 2. The van der Waals surface area contributed by atoms with Gasteiger partial charge in [0.25, 0.3) is 5.69 Å². The van der Waals surface area contributed by atoms with E-state index in [1.807, 2.05) is 6.07 Å². The summed E-state index contributed by atoms with van der Waals surface area (Å²) in [6.45, 7) is 6.36. The minimum absolute atomic E-state index is 0.0407. The number of rotatable bonds is 8. The van der Waals surface area contributed by atoms with E-state index in [0.717, 1.165) is 0 Å². The number of nitro groups is 1. The van der Waals surface area contributed by atoms with Crippen molar-refractivity contribution in [1.29, 1.82) is 5.26 Å². The van der Waals surface area contributed by atoms with Gasteiger partial charge in [-0.05, 0) is 39.7 Å². The summed E-state index contributed by atoms with van der Waals surface area (Å²) in [7, 11) is 0. The zero-order chi connectivity index (χ0) is 24.5. The Morgan fingerprint density at radius 2 is 1.79 bits per heavy atom. The van der Waals surface area contributed by atoms with Crippen molar-refractivity contribution in [2.24, 2.45) is 0 Å². The summed E-state index contributed by atoms with van der Waals surface area (Å²) in [6, 6.07) is 7.45. The van der Waals surface area contributed by atoms with Crippen LogP contribution in [0.1, 0.15) is 38.1 Å². The Labute approximate surface area is 190 Å². The Morgan fingerprint density at radius 3 is 2.36 bits per heavy atom. The highest BCUT2D eigenvalue weighted by Crippen LogP contribution is 2.43. The minimum atomic E-state index is -1.07. The quantitative estimate of drug-likeness (QED) is 0.229. The maximum atomic E-state index is 12.3. The highest BCUT2D eigenvalue weighted by Gasteiger charge is 2.26. The van der Waals surface area contributed by atoms with E-state index in [2.05, 4.69) is 4.98 Å². The number of nitrogens with zero attached hydrogens (tertiary/aromatic N) is 3. The monoisotopic (exact) mass is 457 g/mol. The zero-order valence-electron chi connectivity index (χ0n) is 18.6. The summed E-state index contributed by atoms with van der Waals surface area (Å²) in [4.78, 5) is 39.5. The van der Waals surface area contributed by atoms with E-state index in [-0.39, 0.29) is 52.7 Å². The number of non-ortho nitro benzene ring substituents is 1. The molecule has 0 aliphatic carbocycles. The lowest BCUT2D eigenvalue weighted by Crippen LogP contribution is -2.18. The predicted octanol–water partition coefficient (Wildman–Crippen LogP) is 5.02. The van der Waals surface area contributed by atoms with Crippen molar-refractivity contribution in [3.63, 3.8) is 0 Å². The van der Waals surface area contributed by atoms with Crippen molar-refractivity contribution >= 4 is 18.0 Å². The van der Waals surface area contributed by atoms with Gasteiger partial charge in [0.1, 0.15) is 0 Å². The highest BCUT2D eigenvalue weighted by molar-refractivity contribution is 5.84. The lowest BCUT2D eigenvalue weighted by atomic mass is 10.0. The molecule has 33 heavy (non-hydrogen) atoms. The van der Waals surface area contributed by atoms with Crippen LogP contribution in [0, 0.1) is 35.3 Å². The van der Waals surface area contributed by atoms with E-state index in [9.17, 15) is 19.7 Å². The molecule has 0 atom stereocenters. The Morgan fingerprint density at radius 1 is 1.15 bits per heavy atom. The molecule has 11 nitrogen and oxygen atoms in total. The summed E-state index contributed by atoms with van der Waals surface area (Å²) < 4.78 is 20.7. The number of aryl methyl sites for hydroxylation is 2. The number of unbranched alkanes of at least 4 members (excludes halogenated alkanes) is 1. The maximum Gasteiger partial charge on any atom is 0.514 e. The maximum absolute atomic E-state index is 12.3. The lowest BCUT2D eigenvalue weighted by molar-refractivity contribution is -0.384. The van der Waals surface area contributed by atoms with Crippen LogP contribution in [-0.4, -0.2) is 34.9 Å². The van der Waals surface area contributed by atoms with Gasteiger partial charge in [0.2, 0.25) is 0 Å². The molecular formula is C22H23N3O8. The van der Waals surface area contributed by atoms with Crippen molar-refractivity contribution in [2.75, 3.05) is 6.61 Å². The molecule has 0 spiro atoms. The molecule has 0 saturated carbocycles. The number of hydrogen-bond donors (Lipinski definition) is 0. The molecule has 0 saturated heterocycles. The van der Waals surface area contributed by atoms with Gasteiger partial charge in [-0.1, -0.05) is 12.1 Å². The number of nitro benzene ring substituents is 1. The van der Waals surface area contributed by atoms with Crippen LogP contribution >= 0.6 is 0 Å². The van der Waals surface area contributed by atoms with Crippen molar-refractivity contribution in [2.45, 2.75) is 46.6 Å². The van der Waals surface area contributed by atoms with Crippen LogP contribution in [0.15, 0.2) is 24.3 Å². The first-order chi connectivity index (χ1) is 15.6. The predicted molar refractivity (Wildman–Crippen MR) is 115 cm³/mol. The Hall–Kier alpha value is -4.20. The Kier molecular flexibility index (Phi) is 8.68. The number of pyridine rings is 1. The van der Waals surface area contributed by atoms with Crippen molar-refractivity contribution in [1.82, 2.24) is 4.98 Å². The van der Waals surface area contributed by atoms with Gasteiger partial charge in [0.15, 0.2) is 11.5 Å². The average molecular weight is 457 g/mol. The van der Waals surface area contributed by atoms with Crippen LogP contribution in [0.3, 0.4) is 0 Å². The minimum Gasteiger partial charge on any atom is -0.434 e. The Bertz CT molecular complexity index is 1090. The van der Waals surface area contributed by atoms with Crippen LogP contribution in [0.5, 0.6) is 11.5 Å². The van der Waals surface area contributed by atoms with Crippen LogP contribution in [0.25, 0.3) is 11.1 Å². The van der Waals surface area contributed by atoms with Gasteiger partial charge in [-0.25, -0.2) is 9.59 Å². The summed E-state index contributed by atoms with van der Waals surface area (Å²) in [6.07, 6.45) is -2.02. The molecule has 11 heteroatoms. The fourth-order valence-corrected chi connectivity index (χ4v) is 2.82. The first-order valence-electron chi connectivity index (χ1n) is 10.00. The van der Waals surface area contributed by atoms with Gasteiger partial charge in [-0.15, -0.1) is 0 Å². The van der Waals surface area contributed by atoms with Gasteiger partial charge in [0, 0.05) is 18.6 Å². The summed E-state index contributed by atoms with van der Waals surface area (Å²) in [5.74, 6) is -0.183. The number of hydrogen-bond acceptors (Lipinski definition) is 10. The topological polar surface area (TPSA) is 151 Å². The van der Waals surface area contributed by atoms with Crippen LogP contribution in [0.2, 0.25) is 0 Å². The summed E-state index contributed by atoms with van der Waals surface area (Å²) in [5.41, 5.74) is 0.646. The lowest BCUT2D eigenvalue weighted by Gasteiger charge is -2.18. The molecule has 0 aliphatic heterocycles. The van der Waals surface area contributed by atoms with Gasteiger partial charge in [-0.3, -0.25) is 15.1 Å². The van der Waals surface area contributed by atoms with Crippen molar-refractivity contribution < 1.29 is 33.5 Å². The van der Waals surface area contributed by atoms with E-state index < -0.39 is 23.3 Å². The van der Waals surface area contributed by atoms with Crippen molar-refractivity contribution in [3.8, 4) is 28.7 Å². The van der Waals surface area contributed by atoms with Gasteiger partial charge >= 0.3 is 12.3 Å².